The highest BCUT2D eigenvalue weighted by molar-refractivity contribution is 5.93. The molecular formula is C21H25FN4O3. The number of piperidine rings is 1. The highest BCUT2D eigenvalue weighted by Gasteiger charge is 2.30. The molecule has 0 aliphatic carbocycles. The maximum absolute atomic E-state index is 13.0. The molecule has 7 nitrogen and oxygen atoms in total. The van der Waals surface area contributed by atoms with Crippen molar-refractivity contribution < 1.29 is 18.4 Å². The zero-order valence-corrected chi connectivity index (χ0v) is 16.5. The average molecular weight is 400 g/mol. The fourth-order valence-electron chi connectivity index (χ4n) is 3.93. The van der Waals surface area contributed by atoms with Crippen LogP contribution in [-0.4, -0.2) is 52.9 Å². The monoisotopic (exact) mass is 400 g/mol. The molecule has 0 saturated carbocycles. The van der Waals surface area contributed by atoms with Crippen molar-refractivity contribution in [1.82, 2.24) is 14.8 Å². The molecule has 0 spiro atoms. The van der Waals surface area contributed by atoms with E-state index in [9.17, 15) is 14.0 Å². The number of oxazole rings is 1. The topological polar surface area (TPSA) is 78.7 Å². The van der Waals surface area contributed by atoms with Gasteiger partial charge in [0.2, 0.25) is 0 Å². The Kier molecular flexibility index (Phi) is 5.51. The molecular weight excluding hydrogens is 375 g/mol. The van der Waals surface area contributed by atoms with Crippen molar-refractivity contribution in [2.75, 3.05) is 31.5 Å². The first kappa shape index (κ1) is 19.4. The highest BCUT2D eigenvalue weighted by Crippen LogP contribution is 2.30. The molecule has 1 aromatic heterocycles. The number of likely N-dealkylation sites (tertiary alicyclic amines) is 2. The van der Waals surface area contributed by atoms with E-state index in [1.807, 2.05) is 4.90 Å². The van der Waals surface area contributed by atoms with Gasteiger partial charge in [0.1, 0.15) is 11.6 Å². The number of nitrogens with one attached hydrogen (secondary N) is 1. The number of hydrogen-bond donors (Lipinski definition) is 1. The Labute approximate surface area is 168 Å². The minimum absolute atomic E-state index is 0.0499. The summed E-state index contributed by atoms with van der Waals surface area (Å²) in [5.74, 6) is 0.847. The summed E-state index contributed by atoms with van der Waals surface area (Å²) in [7, 11) is 0. The molecule has 3 amide bonds. The second kappa shape index (κ2) is 8.23. The van der Waals surface area contributed by atoms with Crippen LogP contribution >= 0.6 is 0 Å². The predicted octanol–water partition coefficient (Wildman–Crippen LogP) is 3.77. The molecule has 3 heterocycles. The molecule has 2 aliphatic rings. The lowest BCUT2D eigenvalue weighted by Crippen LogP contribution is -2.40. The van der Waals surface area contributed by atoms with Gasteiger partial charge in [-0.15, -0.1) is 0 Å². The number of hydrogen-bond acceptors (Lipinski definition) is 4. The maximum atomic E-state index is 13.0. The van der Waals surface area contributed by atoms with Crippen LogP contribution in [-0.2, 0) is 0 Å². The Bertz CT molecular complexity index is 882. The van der Waals surface area contributed by atoms with E-state index in [2.05, 4.69) is 10.3 Å². The van der Waals surface area contributed by atoms with E-state index in [-0.39, 0.29) is 23.7 Å². The number of carbonyl (C=O) groups is 2. The summed E-state index contributed by atoms with van der Waals surface area (Å²) in [6.07, 6.45) is 3.50. The number of aromatic nitrogens is 1. The zero-order valence-electron chi connectivity index (χ0n) is 16.5. The number of anilines is 1. The van der Waals surface area contributed by atoms with E-state index < -0.39 is 0 Å². The van der Waals surface area contributed by atoms with Gasteiger partial charge >= 0.3 is 6.03 Å². The SMILES string of the molecule is Cc1oc(C2CCN(C(=O)Nc3ccc(F)cc3)CC2)nc1C(=O)N1CCCC1. The first-order valence-electron chi connectivity index (χ1n) is 10.1. The molecule has 2 fully saturated rings. The molecule has 2 saturated heterocycles. The van der Waals surface area contributed by atoms with Crippen LogP contribution in [0.25, 0.3) is 0 Å². The molecule has 29 heavy (non-hydrogen) atoms. The summed E-state index contributed by atoms with van der Waals surface area (Å²) in [4.78, 5) is 33.1. The number of halogens is 1. The van der Waals surface area contributed by atoms with Crippen molar-refractivity contribution >= 4 is 17.6 Å². The van der Waals surface area contributed by atoms with Crippen LogP contribution in [0.1, 0.15) is 53.7 Å². The van der Waals surface area contributed by atoms with Gasteiger partial charge in [-0.1, -0.05) is 0 Å². The van der Waals surface area contributed by atoms with Gasteiger partial charge in [-0.3, -0.25) is 4.79 Å². The Morgan fingerprint density at radius 3 is 2.38 bits per heavy atom. The summed E-state index contributed by atoms with van der Waals surface area (Å²) < 4.78 is 18.8. The van der Waals surface area contributed by atoms with E-state index in [4.69, 9.17) is 4.42 Å². The third-order valence-corrected chi connectivity index (χ3v) is 5.64. The van der Waals surface area contributed by atoms with Gasteiger partial charge in [0.25, 0.3) is 5.91 Å². The molecule has 1 aromatic carbocycles. The van der Waals surface area contributed by atoms with Gasteiger partial charge in [0, 0.05) is 37.8 Å². The second-order valence-electron chi connectivity index (χ2n) is 7.65. The van der Waals surface area contributed by atoms with Crippen molar-refractivity contribution in [3.05, 3.63) is 47.4 Å². The fraction of sp³-hybridized carbons (Fsp3) is 0.476. The lowest BCUT2D eigenvalue weighted by Gasteiger charge is -2.30. The summed E-state index contributed by atoms with van der Waals surface area (Å²) in [5.41, 5.74) is 0.977. The Morgan fingerprint density at radius 2 is 1.72 bits per heavy atom. The quantitative estimate of drug-likeness (QED) is 0.851. The van der Waals surface area contributed by atoms with Crippen LogP contribution in [0.4, 0.5) is 14.9 Å². The van der Waals surface area contributed by atoms with E-state index in [0.717, 1.165) is 25.9 Å². The van der Waals surface area contributed by atoms with Crippen molar-refractivity contribution in [3.8, 4) is 0 Å². The van der Waals surface area contributed by atoms with Gasteiger partial charge in [0.05, 0.1) is 0 Å². The molecule has 0 radical (unpaired) electrons. The van der Waals surface area contributed by atoms with E-state index in [1.54, 1.807) is 11.8 Å². The fourth-order valence-corrected chi connectivity index (χ4v) is 3.93. The van der Waals surface area contributed by atoms with E-state index in [0.29, 0.717) is 49.0 Å². The maximum Gasteiger partial charge on any atom is 0.321 e. The van der Waals surface area contributed by atoms with E-state index in [1.165, 1.54) is 24.3 Å². The minimum atomic E-state index is -0.340. The van der Waals surface area contributed by atoms with Crippen LogP contribution in [0.15, 0.2) is 28.7 Å². The molecule has 1 N–H and O–H groups in total. The Balaban J connectivity index is 1.34. The van der Waals surface area contributed by atoms with Crippen LogP contribution in [0.3, 0.4) is 0 Å². The zero-order chi connectivity index (χ0) is 20.4. The van der Waals surface area contributed by atoms with E-state index >= 15 is 0 Å². The summed E-state index contributed by atoms with van der Waals surface area (Å²) in [5, 5.41) is 2.78. The predicted molar refractivity (Wildman–Crippen MR) is 105 cm³/mol. The number of benzene rings is 1. The molecule has 0 bridgehead atoms. The molecule has 4 rings (SSSR count). The number of aryl methyl sites for hydroxylation is 1. The van der Waals surface area contributed by atoms with Gasteiger partial charge in [-0.05, 0) is 56.9 Å². The van der Waals surface area contributed by atoms with Crippen molar-refractivity contribution in [1.29, 1.82) is 0 Å². The van der Waals surface area contributed by atoms with Crippen molar-refractivity contribution in [3.63, 3.8) is 0 Å². The largest absolute Gasteiger partial charge is 0.445 e. The molecule has 0 atom stereocenters. The first-order chi connectivity index (χ1) is 14.0. The van der Waals surface area contributed by atoms with Crippen LogP contribution in [0.5, 0.6) is 0 Å². The number of carbonyl (C=O) groups excluding carboxylic acids is 2. The molecule has 154 valence electrons. The number of amides is 3. The lowest BCUT2D eigenvalue weighted by atomic mass is 9.97. The lowest BCUT2D eigenvalue weighted by molar-refractivity contribution is 0.0786. The van der Waals surface area contributed by atoms with Crippen LogP contribution in [0, 0.1) is 12.7 Å². The minimum Gasteiger partial charge on any atom is -0.445 e. The van der Waals surface area contributed by atoms with Crippen LogP contribution < -0.4 is 5.32 Å². The smallest absolute Gasteiger partial charge is 0.321 e. The molecule has 8 heteroatoms. The summed E-state index contributed by atoms with van der Waals surface area (Å²) in [6, 6.07) is 5.49. The van der Waals surface area contributed by atoms with Gasteiger partial charge in [-0.25, -0.2) is 14.2 Å². The van der Waals surface area contributed by atoms with Crippen molar-refractivity contribution in [2.24, 2.45) is 0 Å². The summed E-state index contributed by atoms with van der Waals surface area (Å²) >= 11 is 0. The average Bonchev–Trinajstić information content (AvgIpc) is 3.39. The molecule has 2 aliphatic heterocycles. The normalized spacial score (nSPS) is 17.6. The number of nitrogens with zero attached hydrogens (tertiary/aromatic N) is 3. The van der Waals surface area contributed by atoms with Gasteiger partial charge in [-0.2, -0.15) is 0 Å². The number of rotatable bonds is 3. The Morgan fingerprint density at radius 1 is 1.07 bits per heavy atom. The van der Waals surface area contributed by atoms with Gasteiger partial charge in [0.15, 0.2) is 11.6 Å². The Hall–Kier alpha value is -2.90. The third kappa shape index (κ3) is 4.26. The van der Waals surface area contributed by atoms with Crippen molar-refractivity contribution in [2.45, 2.75) is 38.5 Å². The standard InChI is InChI=1S/C21H25FN4O3/c1-14-18(20(27)25-10-2-3-11-25)24-19(29-14)15-8-12-26(13-9-15)21(28)23-17-6-4-16(22)5-7-17/h4-7,15H,2-3,8-13H2,1H3,(H,23,28). The summed E-state index contributed by atoms with van der Waals surface area (Å²) in [6.45, 7) is 4.47. The first-order valence-corrected chi connectivity index (χ1v) is 10.1. The third-order valence-electron chi connectivity index (χ3n) is 5.64. The molecule has 0 unspecified atom stereocenters. The van der Waals surface area contributed by atoms with Crippen LogP contribution in [0.2, 0.25) is 0 Å². The second-order valence-corrected chi connectivity index (χ2v) is 7.65. The molecule has 2 aromatic rings. The van der Waals surface area contributed by atoms with Gasteiger partial charge < -0.3 is 19.5 Å². The highest BCUT2D eigenvalue weighted by atomic mass is 19.1. The number of urea groups is 1.